The van der Waals surface area contributed by atoms with Gasteiger partial charge < -0.3 is 29.5 Å². The Labute approximate surface area is 264 Å². The maximum Gasteiger partial charge on any atom is 0.255 e. The molecule has 3 fully saturated rings. The molecule has 3 atom stereocenters. The molecule has 2 aliphatic carbocycles. The number of amides is 1. The lowest BCUT2D eigenvalue weighted by Gasteiger charge is -2.27. The van der Waals surface area contributed by atoms with Crippen LogP contribution in [0.3, 0.4) is 0 Å². The molecule has 2 bridgehead atoms. The summed E-state index contributed by atoms with van der Waals surface area (Å²) >= 11 is 0. The van der Waals surface area contributed by atoms with Crippen LogP contribution < -0.4 is 16.0 Å². The summed E-state index contributed by atoms with van der Waals surface area (Å²) in [5.74, 6) is 2.39. The number of pyridine rings is 2. The number of fused-ring (bicyclic) bond motifs is 5. The fourth-order valence-corrected chi connectivity index (χ4v) is 7.83. The lowest BCUT2D eigenvalue weighted by Crippen LogP contribution is -2.41. The van der Waals surface area contributed by atoms with Crippen LogP contribution in [0.5, 0.6) is 5.75 Å². The third-order valence-corrected chi connectivity index (χ3v) is 10.5. The normalized spacial score (nSPS) is 20.8. The highest BCUT2D eigenvalue weighted by molar-refractivity contribution is 6.00. The molecular formula is C36H35N7O3. The van der Waals surface area contributed by atoms with Crippen molar-refractivity contribution in [2.24, 2.45) is 24.6 Å². The van der Waals surface area contributed by atoms with Crippen LogP contribution in [0.25, 0.3) is 55.6 Å². The van der Waals surface area contributed by atoms with Crippen molar-refractivity contribution in [3.63, 3.8) is 0 Å². The molecule has 1 aliphatic heterocycles. The van der Waals surface area contributed by atoms with Crippen LogP contribution in [0.1, 0.15) is 36.0 Å². The molecule has 0 radical (unpaired) electrons. The number of carbonyl (C=O) groups is 1. The van der Waals surface area contributed by atoms with E-state index in [2.05, 4.69) is 26.3 Å². The molecule has 232 valence electrons. The van der Waals surface area contributed by atoms with Crippen LogP contribution in [0.15, 0.2) is 65.6 Å². The number of methoxy groups -OCH3 is 1. The average Bonchev–Trinajstić information content (AvgIpc) is 3.47. The fourth-order valence-electron chi connectivity index (χ4n) is 7.83. The molecule has 9 rings (SSSR count). The van der Waals surface area contributed by atoms with E-state index in [1.54, 1.807) is 13.3 Å². The Morgan fingerprint density at radius 1 is 1.02 bits per heavy atom. The number of piperidine rings is 1. The highest BCUT2D eigenvalue weighted by Gasteiger charge is 2.47. The number of ether oxygens (including phenoxy) is 1. The van der Waals surface area contributed by atoms with Gasteiger partial charge in [0, 0.05) is 60.3 Å². The van der Waals surface area contributed by atoms with E-state index in [9.17, 15) is 9.59 Å². The molecule has 10 nitrogen and oxygen atoms in total. The number of carbonyl (C=O) groups excluding carboxylic acids is 1. The Kier molecular flexibility index (Phi) is 5.96. The van der Waals surface area contributed by atoms with E-state index < -0.39 is 0 Å². The Hall–Kier alpha value is -4.96. The third kappa shape index (κ3) is 4.12. The first-order valence-electron chi connectivity index (χ1n) is 16.1. The zero-order valence-electron chi connectivity index (χ0n) is 25.9. The predicted octanol–water partition coefficient (Wildman–Crippen LogP) is 5.08. The smallest absolute Gasteiger partial charge is 0.255 e. The van der Waals surface area contributed by atoms with Crippen molar-refractivity contribution >= 4 is 38.7 Å². The minimum Gasteiger partial charge on any atom is -0.494 e. The topological polar surface area (TPSA) is 124 Å². The van der Waals surface area contributed by atoms with Gasteiger partial charge in [0.1, 0.15) is 16.9 Å². The maximum atomic E-state index is 13.7. The lowest BCUT2D eigenvalue weighted by atomic mass is 10.1. The van der Waals surface area contributed by atoms with E-state index in [-0.39, 0.29) is 23.6 Å². The molecule has 6 aromatic rings. The van der Waals surface area contributed by atoms with Gasteiger partial charge in [-0.3, -0.25) is 9.59 Å². The van der Waals surface area contributed by atoms with E-state index in [0.29, 0.717) is 35.1 Å². The minimum absolute atomic E-state index is 0.00655. The van der Waals surface area contributed by atoms with Crippen molar-refractivity contribution in [3.8, 4) is 28.5 Å². The Morgan fingerprint density at radius 3 is 2.65 bits per heavy atom. The Morgan fingerprint density at radius 2 is 1.89 bits per heavy atom. The molecule has 0 spiro atoms. The van der Waals surface area contributed by atoms with Crippen molar-refractivity contribution in [1.29, 1.82) is 0 Å². The first-order chi connectivity index (χ1) is 22.4. The van der Waals surface area contributed by atoms with Crippen molar-refractivity contribution < 1.29 is 9.53 Å². The summed E-state index contributed by atoms with van der Waals surface area (Å²) in [6.07, 6.45) is 6.13. The summed E-state index contributed by atoms with van der Waals surface area (Å²) in [5, 5.41) is 2.57. The summed E-state index contributed by atoms with van der Waals surface area (Å²) in [5.41, 5.74) is 12.2. The number of rotatable bonds is 6. The minimum atomic E-state index is -0.0989. The van der Waals surface area contributed by atoms with E-state index in [4.69, 9.17) is 20.4 Å². The second-order valence-corrected chi connectivity index (χ2v) is 13.3. The van der Waals surface area contributed by atoms with Crippen LogP contribution in [-0.2, 0) is 13.6 Å². The van der Waals surface area contributed by atoms with Crippen LogP contribution in [0.2, 0.25) is 0 Å². The number of aryl methyl sites for hydroxylation is 1. The first kappa shape index (κ1) is 27.4. The number of H-pyrrole nitrogens is 1. The summed E-state index contributed by atoms with van der Waals surface area (Å²) in [6.45, 7) is 1.57. The quantitative estimate of drug-likeness (QED) is 0.270. The van der Waals surface area contributed by atoms with Crippen molar-refractivity contribution in [2.45, 2.75) is 44.3 Å². The van der Waals surface area contributed by atoms with Gasteiger partial charge in [0.2, 0.25) is 0 Å². The summed E-state index contributed by atoms with van der Waals surface area (Å²) < 4.78 is 10.2. The van der Waals surface area contributed by atoms with Gasteiger partial charge in [-0.25, -0.2) is 9.97 Å². The van der Waals surface area contributed by atoms with Gasteiger partial charge in [0.15, 0.2) is 5.82 Å². The first-order valence-corrected chi connectivity index (χ1v) is 16.1. The molecule has 2 aromatic carbocycles. The molecule has 4 aromatic heterocycles. The molecule has 3 aliphatic rings. The zero-order chi connectivity index (χ0) is 31.3. The van der Waals surface area contributed by atoms with Crippen molar-refractivity contribution in [2.75, 3.05) is 13.7 Å². The molecule has 3 unspecified atom stereocenters. The van der Waals surface area contributed by atoms with E-state index >= 15 is 0 Å². The Balaban J connectivity index is 1.16. The number of likely N-dealkylation sites (tertiary alicyclic amines) is 1. The number of aromatic amines is 1. The largest absolute Gasteiger partial charge is 0.494 e. The number of hydrogen-bond acceptors (Lipinski definition) is 6. The standard InChI is InChI=1S/C36H35N7O3/c1-41-32-27(14-24(16-30(32)46-2)36(45)43-18-23-7-10-28(43)31(23)37)40-34(41)29-15-22-6-9-26(39-33(22)42(29)17-19-3-4-19)21-5-8-25-20(13-21)11-12-38-35(25)44/h5-6,8-9,11-16,19,23,28,31H,3-4,7,10,17-18,37H2,1-2H3,(H,38,44). The molecule has 5 heterocycles. The molecule has 10 heteroatoms. The molecule has 3 N–H and O–H groups in total. The fraction of sp³-hybridized carbons (Fsp3) is 0.333. The molecule has 1 amide bonds. The van der Waals surface area contributed by atoms with E-state index in [1.165, 1.54) is 12.8 Å². The van der Waals surface area contributed by atoms with Gasteiger partial charge >= 0.3 is 0 Å². The van der Waals surface area contributed by atoms with Crippen LogP contribution >= 0.6 is 0 Å². The molecule has 1 saturated heterocycles. The summed E-state index contributed by atoms with van der Waals surface area (Å²) in [7, 11) is 3.64. The van der Waals surface area contributed by atoms with Gasteiger partial charge in [-0.05, 0) is 91.4 Å². The SMILES string of the molecule is COc1cc(C(=O)N2CC3CCC2C3N)cc2nc(-c3cc4ccc(-c5ccc6c(=O)[nH]ccc6c5)nc4n3CC3CC3)n(C)c12. The van der Waals surface area contributed by atoms with Crippen molar-refractivity contribution in [3.05, 3.63) is 76.7 Å². The lowest BCUT2D eigenvalue weighted by molar-refractivity contribution is 0.0700. The monoisotopic (exact) mass is 613 g/mol. The second kappa shape index (κ2) is 10.0. The van der Waals surface area contributed by atoms with Crippen LogP contribution in [0.4, 0.5) is 0 Å². The third-order valence-electron chi connectivity index (χ3n) is 10.5. The highest BCUT2D eigenvalue weighted by atomic mass is 16.5. The van der Waals surface area contributed by atoms with E-state index in [1.807, 2.05) is 54.4 Å². The number of benzene rings is 2. The van der Waals surface area contributed by atoms with Gasteiger partial charge in [-0.1, -0.05) is 6.07 Å². The van der Waals surface area contributed by atoms with E-state index in [0.717, 1.165) is 69.6 Å². The van der Waals surface area contributed by atoms with Crippen LogP contribution in [-0.4, -0.2) is 60.6 Å². The predicted molar refractivity (Wildman–Crippen MR) is 178 cm³/mol. The highest BCUT2D eigenvalue weighted by Crippen LogP contribution is 2.40. The number of nitrogens with two attached hydrogens (primary N) is 1. The average molecular weight is 614 g/mol. The van der Waals surface area contributed by atoms with Gasteiger partial charge in [-0.15, -0.1) is 0 Å². The summed E-state index contributed by atoms with van der Waals surface area (Å²) in [4.78, 5) is 41.0. The number of nitrogens with one attached hydrogen (secondary N) is 1. The van der Waals surface area contributed by atoms with Gasteiger partial charge in [-0.2, -0.15) is 0 Å². The number of imidazole rings is 1. The molecular weight excluding hydrogens is 578 g/mol. The number of hydrogen-bond donors (Lipinski definition) is 2. The second-order valence-electron chi connectivity index (χ2n) is 13.3. The van der Waals surface area contributed by atoms with Gasteiger partial charge in [0.05, 0.1) is 24.0 Å². The maximum absolute atomic E-state index is 13.7. The number of nitrogens with zero attached hydrogens (tertiary/aromatic N) is 5. The zero-order valence-corrected chi connectivity index (χ0v) is 25.9. The summed E-state index contributed by atoms with van der Waals surface area (Å²) in [6, 6.07) is 18.0. The van der Waals surface area contributed by atoms with Crippen molar-refractivity contribution in [1.82, 2.24) is 29.0 Å². The molecule has 2 saturated carbocycles. The van der Waals surface area contributed by atoms with Crippen LogP contribution in [0, 0.1) is 11.8 Å². The van der Waals surface area contributed by atoms with Gasteiger partial charge in [0.25, 0.3) is 11.5 Å². The molecule has 46 heavy (non-hydrogen) atoms. The number of aromatic nitrogens is 5. The Bertz CT molecular complexity index is 2280.